The van der Waals surface area contributed by atoms with Gasteiger partial charge in [-0.05, 0) is 35.9 Å². The fraction of sp³-hybridized carbons (Fsp3) is 0.263. The molecular formula is C19H19FN2O4S2. The van der Waals surface area contributed by atoms with E-state index in [4.69, 9.17) is 4.74 Å². The Morgan fingerprint density at radius 3 is 2.57 bits per heavy atom. The summed E-state index contributed by atoms with van der Waals surface area (Å²) in [6.07, 6.45) is 1.17. The first-order valence-corrected chi connectivity index (χ1v) is 11.1. The quantitative estimate of drug-likeness (QED) is 0.612. The number of thiazole rings is 1. The Morgan fingerprint density at radius 1 is 1.21 bits per heavy atom. The van der Waals surface area contributed by atoms with Crippen LogP contribution in [0.1, 0.15) is 5.56 Å². The molecule has 3 aromatic rings. The molecule has 0 aliphatic carbocycles. The number of hydrogen-bond acceptors (Lipinski definition) is 5. The van der Waals surface area contributed by atoms with Crippen LogP contribution in [0.2, 0.25) is 0 Å². The summed E-state index contributed by atoms with van der Waals surface area (Å²) in [5.41, 5.74) is 1.45. The molecule has 3 rings (SSSR count). The number of hydrogen-bond donors (Lipinski definition) is 0. The Labute approximate surface area is 165 Å². The highest BCUT2D eigenvalue weighted by Crippen LogP contribution is 2.19. The molecular weight excluding hydrogens is 403 g/mol. The number of halogens is 1. The minimum Gasteiger partial charge on any atom is -0.383 e. The van der Waals surface area contributed by atoms with E-state index in [1.165, 1.54) is 35.6 Å². The Balaban J connectivity index is 1.91. The van der Waals surface area contributed by atoms with Crippen LogP contribution in [-0.4, -0.2) is 38.9 Å². The molecule has 0 spiro atoms. The largest absolute Gasteiger partial charge is 0.383 e. The topological polar surface area (TPSA) is 77.7 Å². The van der Waals surface area contributed by atoms with Gasteiger partial charge in [0.1, 0.15) is 5.82 Å². The third kappa shape index (κ3) is 4.73. The second-order valence-electron chi connectivity index (χ2n) is 6.24. The standard InChI is InChI=1S/C19H19FN2O4S2/c1-26-10-9-22-16-8-5-14(20)12-17(16)27-19(22)21-18(23)11-13-3-6-15(7-4-13)28(2,24)25/h3-8,12H,9-11H2,1-2H3. The van der Waals surface area contributed by atoms with Crippen molar-refractivity contribution in [2.75, 3.05) is 20.0 Å². The number of nitrogens with zero attached hydrogens (tertiary/aromatic N) is 2. The van der Waals surface area contributed by atoms with Gasteiger partial charge in [0.25, 0.3) is 5.91 Å². The third-order valence-electron chi connectivity index (χ3n) is 4.09. The average molecular weight is 423 g/mol. The van der Waals surface area contributed by atoms with Crippen molar-refractivity contribution in [1.29, 1.82) is 0 Å². The molecule has 0 aliphatic heterocycles. The van der Waals surface area contributed by atoms with E-state index >= 15 is 0 Å². The molecule has 0 radical (unpaired) electrons. The molecule has 9 heteroatoms. The second kappa shape index (κ2) is 8.34. The number of aromatic nitrogens is 1. The Morgan fingerprint density at radius 2 is 1.93 bits per heavy atom. The molecule has 0 saturated heterocycles. The SMILES string of the molecule is COCCn1c(=NC(=O)Cc2ccc(S(C)(=O)=O)cc2)sc2cc(F)ccc21. The molecule has 0 fully saturated rings. The summed E-state index contributed by atoms with van der Waals surface area (Å²) in [4.78, 5) is 17.3. The average Bonchev–Trinajstić information content (AvgIpc) is 2.95. The lowest BCUT2D eigenvalue weighted by Crippen LogP contribution is -2.19. The lowest BCUT2D eigenvalue weighted by molar-refractivity contribution is -0.117. The van der Waals surface area contributed by atoms with Crippen molar-refractivity contribution in [3.63, 3.8) is 0 Å². The molecule has 148 valence electrons. The molecule has 0 aliphatic rings. The zero-order chi connectivity index (χ0) is 20.3. The van der Waals surface area contributed by atoms with Gasteiger partial charge in [0, 0.05) is 19.9 Å². The number of methoxy groups -OCH3 is 1. The number of carbonyl (C=O) groups excluding carboxylic acids is 1. The van der Waals surface area contributed by atoms with Gasteiger partial charge in [0.2, 0.25) is 0 Å². The first kappa shape index (κ1) is 20.4. The lowest BCUT2D eigenvalue weighted by Gasteiger charge is -2.04. The maximum absolute atomic E-state index is 13.5. The highest BCUT2D eigenvalue weighted by atomic mass is 32.2. The fourth-order valence-electron chi connectivity index (χ4n) is 2.71. The van der Waals surface area contributed by atoms with Crippen molar-refractivity contribution in [3.8, 4) is 0 Å². The molecule has 0 unspecified atom stereocenters. The van der Waals surface area contributed by atoms with Gasteiger partial charge in [0.05, 0.1) is 28.1 Å². The molecule has 1 heterocycles. The van der Waals surface area contributed by atoms with E-state index in [0.717, 1.165) is 11.8 Å². The maximum atomic E-state index is 13.5. The van der Waals surface area contributed by atoms with Crippen LogP contribution in [0.15, 0.2) is 52.4 Å². The summed E-state index contributed by atoms with van der Waals surface area (Å²) in [5.74, 6) is -0.721. The summed E-state index contributed by atoms with van der Waals surface area (Å²) in [7, 11) is -1.70. The Hall–Kier alpha value is -2.36. The summed E-state index contributed by atoms with van der Waals surface area (Å²) >= 11 is 1.23. The highest BCUT2D eigenvalue weighted by Gasteiger charge is 2.11. The van der Waals surface area contributed by atoms with Gasteiger partial charge in [-0.2, -0.15) is 4.99 Å². The molecule has 1 amide bonds. The number of ether oxygens (including phenoxy) is 1. The maximum Gasteiger partial charge on any atom is 0.252 e. The predicted molar refractivity (Wildman–Crippen MR) is 105 cm³/mol. The van der Waals surface area contributed by atoms with Crippen molar-refractivity contribution < 1.29 is 22.3 Å². The van der Waals surface area contributed by atoms with E-state index in [0.29, 0.717) is 28.2 Å². The first-order chi connectivity index (χ1) is 13.3. The number of fused-ring (bicyclic) bond motifs is 1. The van der Waals surface area contributed by atoms with Crippen molar-refractivity contribution in [2.24, 2.45) is 4.99 Å². The van der Waals surface area contributed by atoms with Crippen LogP contribution in [0.3, 0.4) is 0 Å². The Kier molecular flexibility index (Phi) is 6.07. The van der Waals surface area contributed by atoms with E-state index in [1.54, 1.807) is 25.3 Å². The van der Waals surface area contributed by atoms with Crippen LogP contribution in [-0.2, 0) is 32.3 Å². The molecule has 6 nitrogen and oxygen atoms in total. The monoisotopic (exact) mass is 422 g/mol. The molecule has 28 heavy (non-hydrogen) atoms. The fourth-order valence-corrected chi connectivity index (χ4v) is 4.44. The Bertz CT molecular complexity index is 1180. The molecule has 0 atom stereocenters. The number of sulfone groups is 1. The smallest absolute Gasteiger partial charge is 0.252 e. The van der Waals surface area contributed by atoms with Gasteiger partial charge < -0.3 is 9.30 Å². The van der Waals surface area contributed by atoms with E-state index in [2.05, 4.69) is 4.99 Å². The van der Waals surface area contributed by atoms with Crippen LogP contribution in [0.4, 0.5) is 4.39 Å². The van der Waals surface area contributed by atoms with E-state index < -0.39 is 9.84 Å². The molecule has 2 aromatic carbocycles. The zero-order valence-electron chi connectivity index (χ0n) is 15.4. The molecule has 0 bridgehead atoms. The summed E-state index contributed by atoms with van der Waals surface area (Å²) < 4.78 is 44.2. The summed E-state index contributed by atoms with van der Waals surface area (Å²) in [6.45, 7) is 0.912. The van der Waals surface area contributed by atoms with E-state index in [9.17, 15) is 17.6 Å². The molecule has 0 N–H and O–H groups in total. The minimum absolute atomic E-state index is 0.0386. The van der Waals surface area contributed by atoms with Crippen molar-refractivity contribution >= 4 is 37.3 Å². The second-order valence-corrected chi connectivity index (χ2v) is 9.26. The van der Waals surface area contributed by atoms with Crippen LogP contribution in [0, 0.1) is 5.82 Å². The first-order valence-electron chi connectivity index (χ1n) is 8.42. The van der Waals surface area contributed by atoms with E-state index in [1.807, 2.05) is 4.57 Å². The molecule has 0 saturated carbocycles. The van der Waals surface area contributed by atoms with Gasteiger partial charge in [-0.1, -0.05) is 23.5 Å². The summed E-state index contributed by atoms with van der Waals surface area (Å²) in [6, 6.07) is 10.6. The third-order valence-corrected chi connectivity index (χ3v) is 6.26. The molecule has 1 aromatic heterocycles. The normalized spacial score (nSPS) is 12.6. The van der Waals surface area contributed by atoms with Gasteiger partial charge >= 0.3 is 0 Å². The van der Waals surface area contributed by atoms with Crippen molar-refractivity contribution in [1.82, 2.24) is 4.57 Å². The highest BCUT2D eigenvalue weighted by molar-refractivity contribution is 7.90. The van der Waals surface area contributed by atoms with Crippen LogP contribution in [0.5, 0.6) is 0 Å². The number of benzene rings is 2. The van der Waals surface area contributed by atoms with Gasteiger partial charge in [-0.15, -0.1) is 0 Å². The number of rotatable bonds is 6. The predicted octanol–water partition coefficient (Wildman–Crippen LogP) is 2.56. The van der Waals surface area contributed by atoms with Gasteiger partial charge in [0.15, 0.2) is 14.6 Å². The van der Waals surface area contributed by atoms with Crippen molar-refractivity contribution in [3.05, 3.63) is 58.6 Å². The zero-order valence-corrected chi connectivity index (χ0v) is 17.0. The van der Waals surface area contributed by atoms with Gasteiger partial charge in [-0.25, -0.2) is 12.8 Å². The minimum atomic E-state index is -3.28. The van der Waals surface area contributed by atoms with E-state index in [-0.39, 0.29) is 23.0 Å². The van der Waals surface area contributed by atoms with Crippen LogP contribution < -0.4 is 4.80 Å². The number of amides is 1. The van der Waals surface area contributed by atoms with Gasteiger partial charge in [-0.3, -0.25) is 4.79 Å². The van der Waals surface area contributed by atoms with Crippen LogP contribution >= 0.6 is 11.3 Å². The summed E-state index contributed by atoms with van der Waals surface area (Å²) in [5, 5.41) is 0. The van der Waals surface area contributed by atoms with Crippen molar-refractivity contribution in [2.45, 2.75) is 17.9 Å². The lowest BCUT2D eigenvalue weighted by atomic mass is 10.1. The number of carbonyl (C=O) groups is 1. The van der Waals surface area contributed by atoms with Crippen LogP contribution in [0.25, 0.3) is 10.2 Å².